The number of aryl methyl sites for hydroxylation is 4. The molecule has 1 aliphatic carbocycles. The van der Waals surface area contributed by atoms with Crippen molar-refractivity contribution in [2.75, 3.05) is 0 Å². The first-order valence-electron chi connectivity index (χ1n) is 7.25. The van der Waals surface area contributed by atoms with Gasteiger partial charge in [-0.3, -0.25) is 4.68 Å². The molecular weight excluding hydrogens is 236 g/mol. The first-order chi connectivity index (χ1) is 9.19. The zero-order valence-electron chi connectivity index (χ0n) is 12.1. The fourth-order valence-electron chi connectivity index (χ4n) is 3.00. The molecule has 0 atom stereocenters. The quantitative estimate of drug-likeness (QED) is 0.847. The van der Waals surface area contributed by atoms with Crippen molar-refractivity contribution >= 4 is 0 Å². The Morgan fingerprint density at radius 3 is 2.79 bits per heavy atom. The molecule has 4 nitrogen and oxygen atoms in total. The molecule has 2 aromatic rings. The van der Waals surface area contributed by atoms with Gasteiger partial charge >= 0.3 is 0 Å². The molecule has 0 radical (unpaired) electrons. The van der Waals surface area contributed by atoms with Crippen LogP contribution in [0.25, 0.3) is 0 Å². The highest BCUT2D eigenvalue weighted by molar-refractivity contribution is 5.22. The van der Waals surface area contributed by atoms with E-state index in [4.69, 9.17) is 4.98 Å². The van der Waals surface area contributed by atoms with E-state index in [9.17, 15) is 0 Å². The second-order valence-electron chi connectivity index (χ2n) is 5.45. The van der Waals surface area contributed by atoms with E-state index in [0.29, 0.717) is 0 Å². The minimum Gasteiger partial charge on any atom is -0.326 e. The first kappa shape index (κ1) is 12.5. The summed E-state index contributed by atoms with van der Waals surface area (Å²) >= 11 is 0. The molecule has 0 spiro atoms. The average molecular weight is 258 g/mol. The predicted octanol–water partition coefficient (Wildman–Crippen LogP) is 2.41. The van der Waals surface area contributed by atoms with Crippen molar-refractivity contribution < 1.29 is 0 Å². The number of hydrogen-bond acceptors (Lipinski definition) is 2. The number of hydrogen-bond donors (Lipinski definition) is 0. The Kier molecular flexibility index (Phi) is 3.17. The van der Waals surface area contributed by atoms with Crippen LogP contribution in [-0.4, -0.2) is 19.3 Å². The summed E-state index contributed by atoms with van der Waals surface area (Å²) in [7, 11) is 2.03. The van der Waals surface area contributed by atoms with E-state index in [1.165, 1.54) is 42.0 Å². The van der Waals surface area contributed by atoms with E-state index in [2.05, 4.69) is 29.6 Å². The zero-order valence-corrected chi connectivity index (χ0v) is 12.1. The summed E-state index contributed by atoms with van der Waals surface area (Å²) in [6.45, 7) is 5.17. The lowest BCUT2D eigenvalue weighted by Gasteiger charge is -2.14. The Morgan fingerprint density at radius 1 is 1.26 bits per heavy atom. The van der Waals surface area contributed by atoms with Crippen LogP contribution in [0, 0.1) is 6.92 Å². The number of imidazole rings is 1. The molecule has 0 saturated heterocycles. The van der Waals surface area contributed by atoms with Crippen molar-refractivity contribution in [1.29, 1.82) is 0 Å². The normalized spacial score (nSPS) is 14.7. The minimum atomic E-state index is 0.900. The van der Waals surface area contributed by atoms with Gasteiger partial charge in [-0.1, -0.05) is 6.92 Å². The van der Waals surface area contributed by atoms with E-state index in [1.54, 1.807) is 0 Å². The molecule has 0 fully saturated rings. The van der Waals surface area contributed by atoms with Gasteiger partial charge in [-0.2, -0.15) is 5.10 Å². The summed E-state index contributed by atoms with van der Waals surface area (Å²) in [5, 5.41) is 4.53. The molecule has 2 heterocycles. The van der Waals surface area contributed by atoms with E-state index >= 15 is 0 Å². The Bertz CT molecular complexity index is 592. The smallest absolute Gasteiger partial charge is 0.106 e. The fourth-order valence-corrected chi connectivity index (χ4v) is 3.00. The predicted molar refractivity (Wildman–Crippen MR) is 75.3 cm³/mol. The van der Waals surface area contributed by atoms with Gasteiger partial charge in [-0.05, 0) is 45.1 Å². The number of nitrogens with zero attached hydrogens (tertiary/aromatic N) is 4. The third kappa shape index (κ3) is 2.20. The lowest BCUT2D eigenvalue weighted by atomic mass is 10.0. The van der Waals surface area contributed by atoms with Crippen LogP contribution in [0.3, 0.4) is 0 Å². The summed E-state index contributed by atoms with van der Waals surface area (Å²) < 4.78 is 4.39. The maximum Gasteiger partial charge on any atom is 0.106 e. The van der Waals surface area contributed by atoms with Crippen LogP contribution < -0.4 is 0 Å². The van der Waals surface area contributed by atoms with Gasteiger partial charge in [0, 0.05) is 12.7 Å². The number of fused-ring (bicyclic) bond motifs is 1. The minimum absolute atomic E-state index is 0.900. The van der Waals surface area contributed by atoms with E-state index < -0.39 is 0 Å². The molecule has 0 aliphatic heterocycles. The third-order valence-electron chi connectivity index (χ3n) is 4.13. The second-order valence-corrected chi connectivity index (χ2v) is 5.45. The van der Waals surface area contributed by atoms with Crippen LogP contribution in [0.5, 0.6) is 0 Å². The molecule has 0 saturated carbocycles. The Morgan fingerprint density at radius 2 is 2.05 bits per heavy atom. The SMILES string of the molecule is CCc1cc(Cn2c(C)nc3c2CCCC3)n(C)n1. The molecule has 102 valence electrons. The zero-order chi connectivity index (χ0) is 13.4. The lowest BCUT2D eigenvalue weighted by molar-refractivity contribution is 0.600. The Balaban J connectivity index is 1.94. The van der Waals surface area contributed by atoms with Crippen LogP contribution in [-0.2, 0) is 32.9 Å². The van der Waals surface area contributed by atoms with Gasteiger partial charge in [0.1, 0.15) is 5.82 Å². The molecular formula is C15H22N4. The topological polar surface area (TPSA) is 35.6 Å². The molecule has 0 bridgehead atoms. The molecule has 2 aromatic heterocycles. The van der Waals surface area contributed by atoms with Gasteiger partial charge in [0.25, 0.3) is 0 Å². The van der Waals surface area contributed by atoms with Crippen LogP contribution in [0.4, 0.5) is 0 Å². The van der Waals surface area contributed by atoms with Gasteiger partial charge in [0.2, 0.25) is 0 Å². The summed E-state index contributed by atoms with van der Waals surface area (Å²) in [4.78, 5) is 4.74. The van der Waals surface area contributed by atoms with Crippen molar-refractivity contribution in [3.63, 3.8) is 0 Å². The third-order valence-corrected chi connectivity index (χ3v) is 4.13. The largest absolute Gasteiger partial charge is 0.326 e. The molecule has 3 rings (SSSR count). The molecule has 0 aromatic carbocycles. The maximum absolute atomic E-state index is 4.74. The Labute approximate surface area is 114 Å². The molecule has 19 heavy (non-hydrogen) atoms. The molecule has 1 aliphatic rings. The van der Waals surface area contributed by atoms with Crippen LogP contribution in [0.15, 0.2) is 6.07 Å². The van der Waals surface area contributed by atoms with Crippen molar-refractivity contribution in [2.45, 2.75) is 52.5 Å². The summed E-state index contributed by atoms with van der Waals surface area (Å²) in [5.74, 6) is 1.14. The van der Waals surface area contributed by atoms with Crippen molar-refractivity contribution in [3.8, 4) is 0 Å². The fraction of sp³-hybridized carbons (Fsp3) is 0.600. The molecule has 0 N–H and O–H groups in total. The monoisotopic (exact) mass is 258 g/mol. The lowest BCUT2D eigenvalue weighted by Crippen LogP contribution is -2.12. The number of rotatable bonds is 3. The van der Waals surface area contributed by atoms with Gasteiger partial charge in [-0.25, -0.2) is 4.98 Å². The molecule has 0 amide bonds. The van der Waals surface area contributed by atoms with Gasteiger partial charge in [0.05, 0.1) is 23.6 Å². The van der Waals surface area contributed by atoms with Gasteiger partial charge in [-0.15, -0.1) is 0 Å². The van der Waals surface area contributed by atoms with Gasteiger partial charge < -0.3 is 4.57 Å². The summed E-state index contributed by atoms with van der Waals surface area (Å²) in [6, 6.07) is 2.22. The highest BCUT2D eigenvalue weighted by atomic mass is 15.3. The van der Waals surface area contributed by atoms with Crippen molar-refractivity contribution in [1.82, 2.24) is 19.3 Å². The average Bonchev–Trinajstić information content (AvgIpc) is 2.92. The highest BCUT2D eigenvalue weighted by Gasteiger charge is 2.18. The molecule has 4 heteroatoms. The van der Waals surface area contributed by atoms with E-state index in [1.807, 2.05) is 11.7 Å². The summed E-state index contributed by atoms with van der Waals surface area (Å²) in [5.41, 5.74) is 5.21. The number of aromatic nitrogens is 4. The van der Waals surface area contributed by atoms with Gasteiger partial charge in [0.15, 0.2) is 0 Å². The maximum atomic E-state index is 4.74. The van der Waals surface area contributed by atoms with Crippen LogP contribution >= 0.6 is 0 Å². The highest BCUT2D eigenvalue weighted by Crippen LogP contribution is 2.23. The van der Waals surface area contributed by atoms with E-state index in [0.717, 1.165) is 25.2 Å². The standard InChI is InChI=1S/C15H22N4/c1-4-12-9-13(18(3)17-12)10-19-11(2)16-14-7-5-6-8-15(14)19/h9H,4-8,10H2,1-3H3. The van der Waals surface area contributed by atoms with E-state index in [-0.39, 0.29) is 0 Å². The van der Waals surface area contributed by atoms with Crippen LogP contribution in [0.2, 0.25) is 0 Å². The second kappa shape index (κ2) is 4.83. The van der Waals surface area contributed by atoms with Crippen molar-refractivity contribution in [2.24, 2.45) is 7.05 Å². The Hall–Kier alpha value is -1.58. The van der Waals surface area contributed by atoms with Crippen molar-refractivity contribution in [3.05, 3.63) is 34.7 Å². The summed E-state index contributed by atoms with van der Waals surface area (Å²) in [6.07, 6.45) is 5.90. The first-order valence-corrected chi connectivity index (χ1v) is 7.25. The van der Waals surface area contributed by atoms with Crippen LogP contribution in [0.1, 0.15) is 48.4 Å². The molecule has 0 unspecified atom stereocenters.